The van der Waals surface area contributed by atoms with Gasteiger partial charge in [0.1, 0.15) is 0 Å². The average Bonchev–Trinajstić information content (AvgIpc) is 2.55. The smallest absolute Gasteiger partial charge is 0.0136 e. The third-order valence-electron chi connectivity index (χ3n) is 4.71. The van der Waals surface area contributed by atoms with Crippen LogP contribution in [0.25, 0.3) is 0 Å². The van der Waals surface area contributed by atoms with Crippen molar-refractivity contribution in [1.82, 2.24) is 4.90 Å². The van der Waals surface area contributed by atoms with Gasteiger partial charge in [-0.3, -0.25) is 0 Å². The van der Waals surface area contributed by atoms with Gasteiger partial charge in [-0.05, 0) is 57.2 Å². The number of hydrogen-bond donors (Lipinski definition) is 1. The summed E-state index contributed by atoms with van der Waals surface area (Å²) in [6.07, 6.45) is 9.82. The minimum absolute atomic E-state index is 0.774. The first kappa shape index (κ1) is 12.4. The largest absolute Gasteiger partial charge is 0.330 e. The number of piperidine rings is 1. The third kappa shape index (κ3) is 2.98. The van der Waals surface area contributed by atoms with Gasteiger partial charge in [0.2, 0.25) is 0 Å². The van der Waals surface area contributed by atoms with E-state index in [4.69, 9.17) is 5.73 Å². The Morgan fingerprint density at radius 1 is 1.00 bits per heavy atom. The molecule has 2 N–H and O–H groups in total. The normalized spacial score (nSPS) is 34.9. The van der Waals surface area contributed by atoms with Crippen molar-refractivity contribution in [1.29, 1.82) is 0 Å². The van der Waals surface area contributed by atoms with Crippen LogP contribution in [0.15, 0.2) is 0 Å². The van der Waals surface area contributed by atoms with Gasteiger partial charge in [-0.2, -0.15) is 0 Å². The fourth-order valence-corrected chi connectivity index (χ4v) is 3.48. The molecule has 0 radical (unpaired) electrons. The molecule has 2 aliphatic rings. The SMILES string of the molecule is CC1CCN(C2CCCCCC2CN)CC1. The van der Waals surface area contributed by atoms with E-state index in [1.807, 2.05) is 0 Å². The van der Waals surface area contributed by atoms with Crippen LogP contribution < -0.4 is 5.73 Å². The minimum atomic E-state index is 0.774. The molecular formula is C14H28N2. The maximum atomic E-state index is 5.97. The Bertz CT molecular complexity index is 197. The van der Waals surface area contributed by atoms with Crippen molar-refractivity contribution in [2.75, 3.05) is 19.6 Å². The molecule has 0 aromatic carbocycles. The first-order valence-electron chi connectivity index (χ1n) is 7.25. The monoisotopic (exact) mass is 224 g/mol. The summed E-state index contributed by atoms with van der Waals surface area (Å²) in [4.78, 5) is 2.75. The summed E-state index contributed by atoms with van der Waals surface area (Å²) in [6, 6.07) is 0.806. The van der Waals surface area contributed by atoms with Gasteiger partial charge in [0.05, 0.1) is 0 Å². The second-order valence-corrected chi connectivity index (χ2v) is 5.92. The molecule has 1 saturated heterocycles. The predicted octanol–water partition coefficient (Wildman–Crippen LogP) is 2.63. The van der Waals surface area contributed by atoms with Crippen molar-refractivity contribution >= 4 is 0 Å². The molecule has 2 fully saturated rings. The molecule has 16 heavy (non-hydrogen) atoms. The molecule has 0 aromatic heterocycles. The van der Waals surface area contributed by atoms with Crippen LogP contribution in [-0.4, -0.2) is 30.6 Å². The zero-order valence-corrected chi connectivity index (χ0v) is 10.8. The predicted molar refractivity (Wildman–Crippen MR) is 69.4 cm³/mol. The highest BCUT2D eigenvalue weighted by molar-refractivity contribution is 4.85. The van der Waals surface area contributed by atoms with Crippen LogP contribution in [0, 0.1) is 11.8 Å². The summed E-state index contributed by atoms with van der Waals surface area (Å²) in [6.45, 7) is 5.94. The van der Waals surface area contributed by atoms with Crippen LogP contribution in [-0.2, 0) is 0 Å². The zero-order valence-electron chi connectivity index (χ0n) is 10.8. The van der Waals surface area contributed by atoms with Crippen LogP contribution in [0.2, 0.25) is 0 Å². The lowest BCUT2D eigenvalue weighted by atomic mass is 9.90. The molecule has 2 unspecified atom stereocenters. The van der Waals surface area contributed by atoms with E-state index in [-0.39, 0.29) is 0 Å². The van der Waals surface area contributed by atoms with Gasteiger partial charge in [0.15, 0.2) is 0 Å². The Morgan fingerprint density at radius 2 is 1.69 bits per heavy atom. The van der Waals surface area contributed by atoms with Gasteiger partial charge in [0.25, 0.3) is 0 Å². The summed E-state index contributed by atoms with van der Waals surface area (Å²) in [5, 5.41) is 0. The van der Waals surface area contributed by atoms with Crippen molar-refractivity contribution < 1.29 is 0 Å². The second-order valence-electron chi connectivity index (χ2n) is 5.92. The van der Waals surface area contributed by atoms with Gasteiger partial charge < -0.3 is 10.6 Å². The average molecular weight is 224 g/mol. The van der Waals surface area contributed by atoms with E-state index in [1.165, 1.54) is 58.0 Å². The quantitative estimate of drug-likeness (QED) is 0.731. The molecule has 0 bridgehead atoms. The first-order valence-corrected chi connectivity index (χ1v) is 7.25. The van der Waals surface area contributed by atoms with E-state index in [0.717, 1.165) is 24.4 Å². The third-order valence-corrected chi connectivity index (χ3v) is 4.71. The van der Waals surface area contributed by atoms with Crippen molar-refractivity contribution in [3.05, 3.63) is 0 Å². The highest BCUT2D eigenvalue weighted by Gasteiger charge is 2.29. The molecule has 0 aromatic rings. The van der Waals surface area contributed by atoms with Gasteiger partial charge in [-0.25, -0.2) is 0 Å². The van der Waals surface area contributed by atoms with Crippen molar-refractivity contribution in [3.8, 4) is 0 Å². The lowest BCUT2D eigenvalue weighted by Crippen LogP contribution is -2.46. The highest BCUT2D eigenvalue weighted by atomic mass is 15.2. The first-order chi connectivity index (χ1) is 7.81. The van der Waals surface area contributed by atoms with E-state index in [2.05, 4.69) is 11.8 Å². The summed E-state index contributed by atoms with van der Waals surface area (Å²) >= 11 is 0. The van der Waals surface area contributed by atoms with E-state index in [0.29, 0.717) is 0 Å². The maximum absolute atomic E-state index is 5.97. The Hall–Kier alpha value is -0.0800. The van der Waals surface area contributed by atoms with E-state index < -0.39 is 0 Å². The molecule has 1 aliphatic carbocycles. The fourth-order valence-electron chi connectivity index (χ4n) is 3.48. The van der Waals surface area contributed by atoms with Gasteiger partial charge in [0, 0.05) is 6.04 Å². The number of rotatable bonds is 2. The Labute approximate surface area is 101 Å². The second kappa shape index (κ2) is 6.02. The molecule has 2 rings (SSSR count). The van der Waals surface area contributed by atoms with Crippen molar-refractivity contribution in [2.24, 2.45) is 17.6 Å². The van der Waals surface area contributed by atoms with Gasteiger partial charge in [-0.1, -0.05) is 26.2 Å². The topological polar surface area (TPSA) is 29.3 Å². The van der Waals surface area contributed by atoms with Gasteiger partial charge >= 0.3 is 0 Å². The molecule has 1 heterocycles. The van der Waals surface area contributed by atoms with Crippen LogP contribution in [0.1, 0.15) is 51.9 Å². The molecular weight excluding hydrogens is 196 g/mol. The summed E-state index contributed by atoms with van der Waals surface area (Å²) in [5.41, 5.74) is 5.97. The molecule has 1 saturated carbocycles. The molecule has 2 atom stereocenters. The van der Waals surface area contributed by atoms with E-state index >= 15 is 0 Å². The molecule has 94 valence electrons. The summed E-state index contributed by atoms with van der Waals surface area (Å²) in [5.74, 6) is 1.72. The Balaban J connectivity index is 1.93. The highest BCUT2D eigenvalue weighted by Crippen LogP contribution is 2.29. The van der Waals surface area contributed by atoms with Crippen molar-refractivity contribution in [3.63, 3.8) is 0 Å². The summed E-state index contributed by atoms with van der Waals surface area (Å²) in [7, 11) is 0. The lowest BCUT2D eigenvalue weighted by molar-refractivity contribution is 0.0949. The van der Waals surface area contributed by atoms with Crippen LogP contribution in [0.3, 0.4) is 0 Å². The van der Waals surface area contributed by atoms with Crippen LogP contribution >= 0.6 is 0 Å². The van der Waals surface area contributed by atoms with Crippen LogP contribution in [0.5, 0.6) is 0 Å². The van der Waals surface area contributed by atoms with Crippen molar-refractivity contribution in [2.45, 2.75) is 57.9 Å². The molecule has 2 nitrogen and oxygen atoms in total. The number of hydrogen-bond acceptors (Lipinski definition) is 2. The maximum Gasteiger partial charge on any atom is 0.0136 e. The Kier molecular flexibility index (Phi) is 4.66. The molecule has 0 amide bonds. The number of nitrogens with two attached hydrogens (primary N) is 1. The van der Waals surface area contributed by atoms with E-state index in [9.17, 15) is 0 Å². The Morgan fingerprint density at radius 3 is 2.38 bits per heavy atom. The minimum Gasteiger partial charge on any atom is -0.330 e. The molecule has 1 aliphatic heterocycles. The standard InChI is InChI=1S/C14H28N2/c1-12-7-9-16(10-8-12)14-6-4-2-3-5-13(14)11-15/h12-14H,2-11,15H2,1H3. The molecule has 0 spiro atoms. The van der Waals surface area contributed by atoms with E-state index in [1.54, 1.807) is 0 Å². The zero-order chi connectivity index (χ0) is 11.4. The fraction of sp³-hybridized carbons (Fsp3) is 1.00. The van der Waals surface area contributed by atoms with Gasteiger partial charge in [-0.15, -0.1) is 0 Å². The number of likely N-dealkylation sites (tertiary alicyclic amines) is 1. The van der Waals surface area contributed by atoms with Crippen LogP contribution in [0.4, 0.5) is 0 Å². The lowest BCUT2D eigenvalue weighted by Gasteiger charge is -2.39. The summed E-state index contributed by atoms with van der Waals surface area (Å²) < 4.78 is 0. The molecule has 2 heteroatoms. The number of nitrogens with zero attached hydrogens (tertiary/aromatic N) is 1.